The van der Waals surface area contributed by atoms with Gasteiger partial charge in [0.2, 0.25) is 0 Å². The maximum atomic E-state index is 5.64. The van der Waals surface area contributed by atoms with Gasteiger partial charge in [0.25, 0.3) is 0 Å². The number of hydrogen-bond acceptors (Lipinski definition) is 3. The maximum Gasteiger partial charge on any atom is 0.119 e. The molecule has 2 rings (SSSR count). The van der Waals surface area contributed by atoms with Gasteiger partial charge >= 0.3 is 0 Å². The fourth-order valence-electron chi connectivity index (χ4n) is 2.40. The van der Waals surface area contributed by atoms with Crippen LogP contribution in [-0.2, 0) is 4.74 Å². The lowest BCUT2D eigenvalue weighted by Crippen LogP contribution is -2.32. The zero-order valence-electron chi connectivity index (χ0n) is 11.9. The van der Waals surface area contributed by atoms with Crippen LogP contribution in [0, 0.1) is 6.92 Å². The minimum absolute atomic E-state index is 0.628. The van der Waals surface area contributed by atoms with Crippen molar-refractivity contribution in [1.82, 2.24) is 4.90 Å². The van der Waals surface area contributed by atoms with Crippen LogP contribution in [0.2, 0.25) is 0 Å². The average molecular weight is 263 g/mol. The number of ether oxygens (including phenoxy) is 2. The molecule has 1 heterocycles. The molecule has 19 heavy (non-hydrogen) atoms. The highest BCUT2D eigenvalue weighted by molar-refractivity contribution is 5.27. The molecule has 0 bridgehead atoms. The van der Waals surface area contributed by atoms with E-state index in [0.717, 1.165) is 18.9 Å². The Hall–Kier alpha value is -1.06. The Morgan fingerprint density at radius 2 is 1.89 bits per heavy atom. The first-order valence-electron chi connectivity index (χ1n) is 7.34. The van der Waals surface area contributed by atoms with E-state index in [-0.39, 0.29) is 0 Å². The highest BCUT2D eigenvalue weighted by Gasteiger charge is 2.08. The molecule has 0 spiro atoms. The van der Waals surface area contributed by atoms with Gasteiger partial charge in [-0.15, -0.1) is 0 Å². The molecule has 0 aliphatic carbocycles. The second-order valence-electron chi connectivity index (χ2n) is 5.18. The van der Waals surface area contributed by atoms with Gasteiger partial charge in [-0.3, -0.25) is 0 Å². The zero-order valence-corrected chi connectivity index (χ0v) is 11.9. The molecule has 0 aromatic heterocycles. The molecule has 3 heteroatoms. The summed E-state index contributed by atoms with van der Waals surface area (Å²) in [4.78, 5) is 2.49. The van der Waals surface area contributed by atoms with Gasteiger partial charge in [0.05, 0.1) is 13.2 Å². The number of aryl methyl sites for hydroxylation is 1. The molecular formula is C16H25NO2. The number of hydrogen-bond donors (Lipinski definition) is 0. The Labute approximate surface area is 116 Å². The van der Waals surface area contributed by atoms with Crippen molar-refractivity contribution in [3.8, 4) is 5.75 Å². The summed E-state index contributed by atoms with van der Waals surface area (Å²) in [5.41, 5.74) is 1.23. The molecule has 0 radical (unpaired) electrons. The molecule has 0 unspecified atom stereocenters. The highest BCUT2D eigenvalue weighted by atomic mass is 16.5. The van der Waals surface area contributed by atoms with Crippen LogP contribution in [0.5, 0.6) is 5.75 Å². The lowest BCUT2D eigenvalue weighted by atomic mass is 10.1. The van der Waals surface area contributed by atoms with Crippen molar-refractivity contribution >= 4 is 0 Å². The normalized spacial score (nSPS) is 16.5. The summed E-state index contributed by atoms with van der Waals surface area (Å²) in [7, 11) is 0. The van der Waals surface area contributed by atoms with E-state index in [0.29, 0.717) is 13.2 Å². The van der Waals surface area contributed by atoms with Gasteiger partial charge in [-0.2, -0.15) is 0 Å². The van der Waals surface area contributed by atoms with E-state index in [4.69, 9.17) is 9.47 Å². The van der Waals surface area contributed by atoms with Crippen molar-refractivity contribution in [2.75, 3.05) is 39.5 Å². The second kappa shape index (κ2) is 8.18. The van der Waals surface area contributed by atoms with Crippen LogP contribution >= 0.6 is 0 Å². The van der Waals surface area contributed by atoms with Crippen LogP contribution in [-0.4, -0.2) is 44.4 Å². The smallest absolute Gasteiger partial charge is 0.119 e. The van der Waals surface area contributed by atoms with E-state index in [2.05, 4.69) is 17.9 Å². The van der Waals surface area contributed by atoms with Crippen molar-refractivity contribution in [2.45, 2.75) is 26.2 Å². The van der Waals surface area contributed by atoms with Gasteiger partial charge in [-0.1, -0.05) is 18.6 Å². The third-order valence-corrected chi connectivity index (χ3v) is 3.49. The Kier molecular flexibility index (Phi) is 6.18. The molecular weight excluding hydrogens is 238 g/mol. The predicted octanol–water partition coefficient (Wildman–Crippen LogP) is 2.88. The van der Waals surface area contributed by atoms with Crippen molar-refractivity contribution < 1.29 is 9.47 Å². The molecule has 0 N–H and O–H groups in total. The lowest BCUT2D eigenvalue weighted by Gasteiger charge is -2.26. The van der Waals surface area contributed by atoms with Crippen LogP contribution in [0.15, 0.2) is 24.3 Å². The van der Waals surface area contributed by atoms with Crippen LogP contribution in [0.3, 0.4) is 0 Å². The van der Waals surface area contributed by atoms with E-state index < -0.39 is 0 Å². The van der Waals surface area contributed by atoms with Crippen LogP contribution in [0.4, 0.5) is 0 Å². The SMILES string of the molecule is Cc1cccc(OCCOCCN2CCCCC2)c1. The lowest BCUT2D eigenvalue weighted by molar-refractivity contribution is 0.0750. The Morgan fingerprint density at radius 3 is 2.68 bits per heavy atom. The summed E-state index contributed by atoms with van der Waals surface area (Å²) in [5, 5.41) is 0. The van der Waals surface area contributed by atoms with Gasteiger partial charge in [-0.25, -0.2) is 0 Å². The monoisotopic (exact) mass is 263 g/mol. The van der Waals surface area contributed by atoms with E-state index in [1.54, 1.807) is 0 Å². The zero-order chi connectivity index (χ0) is 13.3. The molecule has 0 atom stereocenters. The Bertz CT molecular complexity index is 362. The summed E-state index contributed by atoms with van der Waals surface area (Å²) < 4.78 is 11.3. The minimum atomic E-state index is 0.628. The molecule has 1 saturated heterocycles. The molecule has 0 amide bonds. The third kappa shape index (κ3) is 5.62. The number of piperidine rings is 1. The number of rotatable bonds is 7. The van der Waals surface area contributed by atoms with Gasteiger partial charge in [-0.05, 0) is 50.6 Å². The number of likely N-dealkylation sites (tertiary alicyclic amines) is 1. The topological polar surface area (TPSA) is 21.7 Å². The van der Waals surface area contributed by atoms with Gasteiger partial charge in [0.1, 0.15) is 12.4 Å². The van der Waals surface area contributed by atoms with E-state index in [1.165, 1.54) is 37.9 Å². The fraction of sp³-hybridized carbons (Fsp3) is 0.625. The minimum Gasteiger partial charge on any atom is -0.491 e. The second-order valence-corrected chi connectivity index (χ2v) is 5.18. The number of nitrogens with zero attached hydrogens (tertiary/aromatic N) is 1. The highest BCUT2D eigenvalue weighted by Crippen LogP contribution is 2.12. The molecule has 1 aliphatic rings. The molecule has 106 valence electrons. The summed E-state index contributed by atoms with van der Waals surface area (Å²) >= 11 is 0. The molecule has 1 aromatic rings. The summed E-state index contributed by atoms with van der Waals surface area (Å²) in [5.74, 6) is 0.930. The standard InChI is InChI=1S/C16H25NO2/c1-15-6-5-7-16(14-15)19-13-12-18-11-10-17-8-3-2-4-9-17/h5-7,14H,2-4,8-13H2,1H3. The van der Waals surface area contributed by atoms with Crippen LogP contribution in [0.25, 0.3) is 0 Å². The van der Waals surface area contributed by atoms with Gasteiger partial charge < -0.3 is 14.4 Å². The van der Waals surface area contributed by atoms with Crippen molar-refractivity contribution in [2.24, 2.45) is 0 Å². The molecule has 1 fully saturated rings. The largest absolute Gasteiger partial charge is 0.491 e. The van der Waals surface area contributed by atoms with Crippen molar-refractivity contribution in [1.29, 1.82) is 0 Å². The Balaban J connectivity index is 1.50. The van der Waals surface area contributed by atoms with E-state index in [9.17, 15) is 0 Å². The quantitative estimate of drug-likeness (QED) is 0.706. The van der Waals surface area contributed by atoms with Crippen LogP contribution < -0.4 is 4.74 Å². The van der Waals surface area contributed by atoms with Crippen molar-refractivity contribution in [3.05, 3.63) is 29.8 Å². The van der Waals surface area contributed by atoms with Crippen molar-refractivity contribution in [3.63, 3.8) is 0 Å². The van der Waals surface area contributed by atoms with Gasteiger partial charge in [0.15, 0.2) is 0 Å². The number of benzene rings is 1. The maximum absolute atomic E-state index is 5.64. The molecule has 1 aliphatic heterocycles. The molecule has 0 saturated carbocycles. The van der Waals surface area contributed by atoms with E-state index >= 15 is 0 Å². The molecule has 1 aromatic carbocycles. The van der Waals surface area contributed by atoms with Crippen LogP contribution in [0.1, 0.15) is 24.8 Å². The third-order valence-electron chi connectivity index (χ3n) is 3.49. The molecule has 3 nitrogen and oxygen atoms in total. The van der Waals surface area contributed by atoms with E-state index in [1.807, 2.05) is 18.2 Å². The summed E-state index contributed by atoms with van der Waals surface area (Å²) in [6.45, 7) is 7.72. The first kappa shape index (κ1) is 14.4. The summed E-state index contributed by atoms with van der Waals surface area (Å²) in [6.07, 6.45) is 4.08. The van der Waals surface area contributed by atoms with Gasteiger partial charge in [0, 0.05) is 6.54 Å². The fourth-order valence-corrected chi connectivity index (χ4v) is 2.40. The first-order chi connectivity index (χ1) is 9.34. The summed E-state index contributed by atoms with van der Waals surface area (Å²) in [6, 6.07) is 8.12. The Morgan fingerprint density at radius 1 is 1.05 bits per heavy atom. The predicted molar refractivity (Wildman–Crippen MR) is 77.8 cm³/mol. The average Bonchev–Trinajstić information content (AvgIpc) is 2.44. The first-order valence-corrected chi connectivity index (χ1v) is 7.34.